The Morgan fingerprint density at radius 3 is 2.33 bits per heavy atom. The van der Waals surface area contributed by atoms with E-state index in [2.05, 4.69) is 13.8 Å². The number of nitrogens with zero attached hydrogens (tertiary/aromatic N) is 1. The molecule has 1 amide bonds. The minimum atomic E-state index is -0.761. The molecule has 0 spiro atoms. The van der Waals surface area contributed by atoms with Gasteiger partial charge in [-0.2, -0.15) is 0 Å². The van der Waals surface area contributed by atoms with Crippen molar-refractivity contribution in [3.63, 3.8) is 0 Å². The third kappa shape index (κ3) is 3.54. The molecule has 3 rings (SSSR count). The van der Waals surface area contributed by atoms with Crippen LogP contribution in [0.3, 0.4) is 0 Å². The number of furan rings is 1. The SMILES string of the molecule is CC(C)CC(=O)C1=C(O)C(=O)N(c2ccc(C(C)C)cc2)C1c1ccco1. The second kappa shape index (κ2) is 7.43. The fourth-order valence-corrected chi connectivity index (χ4v) is 3.37. The molecule has 1 N–H and O–H groups in total. The van der Waals surface area contributed by atoms with E-state index in [1.165, 1.54) is 11.2 Å². The highest BCUT2D eigenvalue weighted by Gasteiger charge is 2.45. The molecule has 2 heterocycles. The molecule has 5 nitrogen and oxygen atoms in total. The van der Waals surface area contributed by atoms with Gasteiger partial charge in [0.1, 0.15) is 11.8 Å². The first kappa shape index (κ1) is 19.0. The maximum atomic E-state index is 12.9. The van der Waals surface area contributed by atoms with Gasteiger partial charge in [0.25, 0.3) is 5.91 Å². The maximum absolute atomic E-state index is 12.9. The lowest BCUT2D eigenvalue weighted by Gasteiger charge is -2.25. The number of benzene rings is 1. The van der Waals surface area contributed by atoms with Crippen molar-refractivity contribution in [3.8, 4) is 0 Å². The number of carbonyl (C=O) groups is 2. The van der Waals surface area contributed by atoms with Crippen LogP contribution in [0.15, 0.2) is 58.4 Å². The molecule has 0 fully saturated rings. The number of hydrogen-bond donors (Lipinski definition) is 1. The van der Waals surface area contributed by atoms with Crippen LogP contribution in [0.25, 0.3) is 0 Å². The first-order chi connectivity index (χ1) is 12.8. The van der Waals surface area contributed by atoms with Gasteiger partial charge in [-0.1, -0.05) is 39.8 Å². The molecule has 0 saturated carbocycles. The van der Waals surface area contributed by atoms with Gasteiger partial charge in [0.15, 0.2) is 11.5 Å². The van der Waals surface area contributed by atoms with E-state index < -0.39 is 17.7 Å². The van der Waals surface area contributed by atoms with Crippen LogP contribution in [0.4, 0.5) is 5.69 Å². The molecular weight excluding hydrogens is 342 g/mol. The zero-order valence-corrected chi connectivity index (χ0v) is 16.1. The zero-order chi connectivity index (χ0) is 19.7. The second-order valence-electron chi connectivity index (χ2n) is 7.62. The van der Waals surface area contributed by atoms with Crippen LogP contribution in [-0.2, 0) is 9.59 Å². The summed E-state index contributed by atoms with van der Waals surface area (Å²) in [6.07, 6.45) is 1.75. The Morgan fingerprint density at radius 1 is 1.15 bits per heavy atom. The van der Waals surface area contributed by atoms with Crippen LogP contribution >= 0.6 is 0 Å². The highest BCUT2D eigenvalue weighted by molar-refractivity contribution is 6.16. The summed E-state index contributed by atoms with van der Waals surface area (Å²) in [6, 6.07) is 10.3. The predicted molar refractivity (Wildman–Crippen MR) is 104 cm³/mol. The van der Waals surface area contributed by atoms with Crippen LogP contribution in [0.2, 0.25) is 0 Å². The molecule has 0 aliphatic carbocycles. The largest absolute Gasteiger partial charge is 0.503 e. The van der Waals surface area contributed by atoms with E-state index >= 15 is 0 Å². The van der Waals surface area contributed by atoms with Crippen molar-refractivity contribution in [2.24, 2.45) is 5.92 Å². The van der Waals surface area contributed by atoms with Crippen LogP contribution in [0, 0.1) is 5.92 Å². The average molecular weight is 367 g/mol. The number of aliphatic hydroxyl groups is 1. The van der Waals surface area contributed by atoms with Crippen LogP contribution in [-0.4, -0.2) is 16.8 Å². The van der Waals surface area contributed by atoms with Gasteiger partial charge in [-0.15, -0.1) is 0 Å². The molecule has 1 aliphatic rings. The van der Waals surface area contributed by atoms with Crippen LogP contribution < -0.4 is 4.90 Å². The summed E-state index contributed by atoms with van der Waals surface area (Å²) in [5.41, 5.74) is 1.87. The number of amides is 1. The van der Waals surface area contributed by atoms with Gasteiger partial charge in [-0.3, -0.25) is 14.5 Å². The molecule has 1 aromatic carbocycles. The van der Waals surface area contributed by atoms with Gasteiger partial charge in [-0.05, 0) is 41.7 Å². The number of aliphatic hydroxyl groups excluding tert-OH is 1. The number of carbonyl (C=O) groups excluding carboxylic acids is 2. The van der Waals surface area contributed by atoms with Gasteiger partial charge in [0, 0.05) is 12.1 Å². The van der Waals surface area contributed by atoms with Crippen LogP contribution in [0.1, 0.15) is 57.4 Å². The van der Waals surface area contributed by atoms with Gasteiger partial charge >= 0.3 is 0 Å². The second-order valence-corrected chi connectivity index (χ2v) is 7.62. The quantitative estimate of drug-likeness (QED) is 0.787. The minimum Gasteiger partial charge on any atom is -0.503 e. The van der Waals surface area contributed by atoms with Gasteiger partial charge in [-0.25, -0.2) is 0 Å². The lowest BCUT2D eigenvalue weighted by atomic mass is 9.95. The van der Waals surface area contributed by atoms with E-state index in [1.54, 1.807) is 12.1 Å². The fourth-order valence-electron chi connectivity index (χ4n) is 3.37. The van der Waals surface area contributed by atoms with Crippen molar-refractivity contribution >= 4 is 17.4 Å². The van der Waals surface area contributed by atoms with E-state index in [1.807, 2.05) is 38.1 Å². The maximum Gasteiger partial charge on any atom is 0.294 e. The summed E-state index contributed by atoms with van der Waals surface area (Å²) in [6.45, 7) is 8.04. The summed E-state index contributed by atoms with van der Waals surface area (Å²) in [4.78, 5) is 27.1. The molecule has 0 radical (unpaired) electrons. The Hall–Kier alpha value is -2.82. The normalized spacial score (nSPS) is 17.5. The molecule has 142 valence electrons. The standard InChI is InChI=1S/C22H25NO4/c1-13(2)12-17(24)19-20(18-6-5-11-27-18)23(22(26)21(19)25)16-9-7-15(8-10-16)14(3)4/h5-11,13-14,20,25H,12H2,1-4H3. The molecule has 1 aliphatic heterocycles. The molecule has 27 heavy (non-hydrogen) atoms. The van der Waals surface area contributed by atoms with Crippen molar-refractivity contribution in [3.05, 3.63) is 65.3 Å². The first-order valence-corrected chi connectivity index (χ1v) is 9.24. The Bertz CT molecular complexity index is 860. The molecule has 2 aromatic rings. The summed E-state index contributed by atoms with van der Waals surface area (Å²) in [5.74, 6) is -0.379. The summed E-state index contributed by atoms with van der Waals surface area (Å²) >= 11 is 0. The number of rotatable bonds is 6. The highest BCUT2D eigenvalue weighted by Crippen LogP contribution is 2.42. The van der Waals surface area contributed by atoms with Crippen molar-refractivity contribution in [1.82, 2.24) is 0 Å². The van der Waals surface area contributed by atoms with Crippen molar-refractivity contribution in [2.45, 2.75) is 46.1 Å². The van der Waals surface area contributed by atoms with Gasteiger partial charge < -0.3 is 9.52 Å². The first-order valence-electron chi connectivity index (χ1n) is 9.24. The molecular formula is C22H25NO4. The van der Waals surface area contributed by atoms with Crippen molar-refractivity contribution in [2.75, 3.05) is 4.90 Å². The molecule has 1 unspecified atom stereocenters. The summed E-state index contributed by atoms with van der Waals surface area (Å²) < 4.78 is 5.52. The molecule has 0 bridgehead atoms. The summed E-state index contributed by atoms with van der Waals surface area (Å²) in [7, 11) is 0. The molecule has 1 atom stereocenters. The van der Waals surface area contributed by atoms with E-state index in [-0.39, 0.29) is 23.7 Å². The smallest absolute Gasteiger partial charge is 0.294 e. The third-order valence-corrected chi connectivity index (χ3v) is 4.75. The van der Waals surface area contributed by atoms with E-state index in [9.17, 15) is 14.7 Å². The van der Waals surface area contributed by atoms with Gasteiger partial charge in [0.05, 0.1) is 11.8 Å². The molecule has 1 aromatic heterocycles. The average Bonchev–Trinajstić information content (AvgIpc) is 3.22. The predicted octanol–water partition coefficient (Wildman–Crippen LogP) is 4.92. The van der Waals surface area contributed by atoms with Gasteiger partial charge in [0.2, 0.25) is 0 Å². The molecule has 0 saturated heterocycles. The Balaban J connectivity index is 2.06. The van der Waals surface area contributed by atoms with Crippen LogP contribution in [0.5, 0.6) is 0 Å². The lowest BCUT2D eigenvalue weighted by molar-refractivity contribution is -0.118. The number of ketones is 1. The highest BCUT2D eigenvalue weighted by atomic mass is 16.3. The monoisotopic (exact) mass is 367 g/mol. The van der Waals surface area contributed by atoms with E-state index in [0.29, 0.717) is 17.4 Å². The lowest BCUT2D eigenvalue weighted by Crippen LogP contribution is -2.30. The van der Waals surface area contributed by atoms with Crippen molar-refractivity contribution in [1.29, 1.82) is 0 Å². The zero-order valence-electron chi connectivity index (χ0n) is 16.1. The Morgan fingerprint density at radius 2 is 1.81 bits per heavy atom. The fraction of sp³-hybridized carbons (Fsp3) is 0.364. The number of anilines is 1. The minimum absolute atomic E-state index is 0.108. The topological polar surface area (TPSA) is 70.8 Å². The third-order valence-electron chi connectivity index (χ3n) is 4.75. The Labute approximate surface area is 159 Å². The summed E-state index contributed by atoms with van der Waals surface area (Å²) in [5, 5.41) is 10.5. The van der Waals surface area contributed by atoms with Crippen molar-refractivity contribution < 1.29 is 19.1 Å². The Kier molecular flexibility index (Phi) is 5.22. The number of hydrogen-bond acceptors (Lipinski definition) is 4. The van der Waals surface area contributed by atoms with E-state index in [4.69, 9.17) is 4.42 Å². The molecule has 5 heteroatoms. The van der Waals surface area contributed by atoms with E-state index in [0.717, 1.165) is 5.56 Å². The number of Topliss-reactive ketones (excluding diaryl/α,β-unsaturated/α-hetero) is 1.